The summed E-state index contributed by atoms with van der Waals surface area (Å²) in [5, 5.41) is 0. The molecule has 142 valence electrons. The number of nitrogens with zero attached hydrogens (tertiary/aromatic N) is 2. The smallest absolute Gasteiger partial charge is 0.264 e. The normalized spacial score (nSPS) is 19.1. The lowest BCUT2D eigenvalue weighted by Crippen LogP contribution is -2.36. The molecule has 0 saturated heterocycles. The molecule has 1 amide bonds. The van der Waals surface area contributed by atoms with Crippen molar-refractivity contribution in [2.24, 2.45) is 5.92 Å². The number of sulfonamides is 1. The zero-order chi connectivity index (χ0) is 19.3. The predicted molar refractivity (Wildman–Crippen MR) is 110 cm³/mol. The van der Waals surface area contributed by atoms with E-state index in [0.29, 0.717) is 12.1 Å². The van der Waals surface area contributed by atoms with Crippen LogP contribution in [0, 0.1) is 5.92 Å². The number of halogens is 1. The summed E-state index contributed by atoms with van der Waals surface area (Å²) >= 11 is 3.36. The number of carbonyl (C=O) groups excluding carboxylic acids is 1. The maximum absolute atomic E-state index is 13.1. The lowest BCUT2D eigenvalue weighted by atomic mass is 10.1. The molecule has 1 aliphatic heterocycles. The Morgan fingerprint density at radius 3 is 2.44 bits per heavy atom. The van der Waals surface area contributed by atoms with Gasteiger partial charge in [-0.25, -0.2) is 8.42 Å². The van der Waals surface area contributed by atoms with Gasteiger partial charge in [0, 0.05) is 29.2 Å². The Morgan fingerprint density at radius 2 is 1.81 bits per heavy atom. The topological polar surface area (TPSA) is 57.7 Å². The number of rotatable bonds is 4. The number of hydrogen-bond acceptors (Lipinski definition) is 3. The van der Waals surface area contributed by atoms with E-state index in [0.717, 1.165) is 28.6 Å². The molecule has 2 aliphatic rings. The average Bonchev–Trinajstić information content (AvgIpc) is 3.43. The van der Waals surface area contributed by atoms with Crippen molar-refractivity contribution in [1.82, 2.24) is 0 Å². The minimum Gasteiger partial charge on any atom is -0.309 e. The van der Waals surface area contributed by atoms with Gasteiger partial charge in [-0.05, 0) is 74.2 Å². The van der Waals surface area contributed by atoms with Crippen molar-refractivity contribution in [1.29, 1.82) is 0 Å². The van der Waals surface area contributed by atoms with E-state index in [-0.39, 0.29) is 22.8 Å². The molecular formula is C20H21BrN2O3S. The Kier molecular flexibility index (Phi) is 4.55. The average molecular weight is 449 g/mol. The Morgan fingerprint density at radius 1 is 1.15 bits per heavy atom. The van der Waals surface area contributed by atoms with Crippen LogP contribution in [-0.2, 0) is 21.2 Å². The second-order valence-corrected chi connectivity index (χ2v) is 10.2. The van der Waals surface area contributed by atoms with Crippen molar-refractivity contribution in [2.45, 2.75) is 37.1 Å². The highest BCUT2D eigenvalue weighted by Crippen LogP contribution is 2.40. The molecule has 0 N–H and O–H groups in total. The summed E-state index contributed by atoms with van der Waals surface area (Å²) in [6, 6.07) is 12.3. The van der Waals surface area contributed by atoms with E-state index in [1.165, 1.54) is 4.31 Å². The van der Waals surface area contributed by atoms with Crippen LogP contribution in [0.15, 0.2) is 51.8 Å². The Balaban J connectivity index is 1.66. The van der Waals surface area contributed by atoms with Gasteiger partial charge in [-0.1, -0.05) is 15.9 Å². The first-order chi connectivity index (χ1) is 12.8. The van der Waals surface area contributed by atoms with Gasteiger partial charge in [-0.15, -0.1) is 0 Å². The summed E-state index contributed by atoms with van der Waals surface area (Å²) in [6.45, 7) is 2.02. The molecule has 0 bridgehead atoms. The van der Waals surface area contributed by atoms with Gasteiger partial charge in [0.1, 0.15) is 0 Å². The second-order valence-electron chi connectivity index (χ2n) is 7.28. The van der Waals surface area contributed by atoms with Crippen molar-refractivity contribution < 1.29 is 13.2 Å². The van der Waals surface area contributed by atoms with Gasteiger partial charge >= 0.3 is 0 Å². The first-order valence-electron chi connectivity index (χ1n) is 8.99. The molecule has 2 aromatic rings. The van der Waals surface area contributed by atoms with Crippen LogP contribution >= 0.6 is 15.9 Å². The van der Waals surface area contributed by atoms with E-state index < -0.39 is 10.0 Å². The van der Waals surface area contributed by atoms with Crippen LogP contribution < -0.4 is 9.21 Å². The fourth-order valence-corrected chi connectivity index (χ4v) is 5.09. The van der Waals surface area contributed by atoms with Crippen LogP contribution in [0.2, 0.25) is 0 Å². The van der Waals surface area contributed by atoms with Crippen molar-refractivity contribution in [3.05, 3.63) is 52.5 Å². The maximum atomic E-state index is 13.1. The van der Waals surface area contributed by atoms with Crippen molar-refractivity contribution in [3.8, 4) is 0 Å². The quantitative estimate of drug-likeness (QED) is 0.710. The minimum atomic E-state index is -3.67. The highest BCUT2D eigenvalue weighted by atomic mass is 79.9. The molecule has 1 saturated carbocycles. The zero-order valence-corrected chi connectivity index (χ0v) is 17.6. The van der Waals surface area contributed by atoms with Crippen molar-refractivity contribution >= 4 is 43.2 Å². The first-order valence-corrected chi connectivity index (χ1v) is 11.2. The van der Waals surface area contributed by atoms with Crippen molar-refractivity contribution in [3.63, 3.8) is 0 Å². The second kappa shape index (κ2) is 6.63. The lowest BCUT2D eigenvalue weighted by Gasteiger charge is -2.23. The molecule has 27 heavy (non-hydrogen) atoms. The summed E-state index contributed by atoms with van der Waals surface area (Å²) in [6.07, 6.45) is 2.60. The molecule has 1 atom stereocenters. The van der Waals surface area contributed by atoms with Gasteiger partial charge in [0.15, 0.2) is 0 Å². The third-order valence-corrected chi connectivity index (χ3v) is 7.59. The van der Waals surface area contributed by atoms with Crippen LogP contribution in [0.25, 0.3) is 0 Å². The number of anilines is 2. The molecule has 7 heteroatoms. The van der Waals surface area contributed by atoms with E-state index >= 15 is 0 Å². The van der Waals surface area contributed by atoms with Crippen LogP contribution in [0.1, 0.15) is 25.3 Å². The van der Waals surface area contributed by atoms with Crippen LogP contribution in [0.4, 0.5) is 11.4 Å². The molecule has 0 unspecified atom stereocenters. The lowest BCUT2D eigenvalue weighted by molar-refractivity contribution is -0.120. The van der Waals surface area contributed by atoms with E-state index in [2.05, 4.69) is 15.9 Å². The summed E-state index contributed by atoms with van der Waals surface area (Å²) in [4.78, 5) is 14.7. The molecule has 4 rings (SSSR count). The molecule has 0 aromatic heterocycles. The molecule has 0 radical (unpaired) electrons. The SMILES string of the molecule is C[C@H]1Cc2cc(S(=O)(=O)N(C)c3ccc(Br)cc3)ccc2N1C(=O)C1CC1. The summed E-state index contributed by atoms with van der Waals surface area (Å²) in [7, 11) is -2.12. The van der Waals surface area contributed by atoms with E-state index in [1.807, 2.05) is 24.0 Å². The fourth-order valence-electron chi connectivity index (χ4n) is 3.58. The van der Waals surface area contributed by atoms with Crippen molar-refractivity contribution in [2.75, 3.05) is 16.3 Å². The molecule has 2 aromatic carbocycles. The maximum Gasteiger partial charge on any atom is 0.264 e. The largest absolute Gasteiger partial charge is 0.309 e. The molecule has 1 aliphatic carbocycles. The first kappa shape index (κ1) is 18.5. The third-order valence-electron chi connectivity index (χ3n) is 5.28. The van der Waals surface area contributed by atoms with Crippen LogP contribution in [0.3, 0.4) is 0 Å². The van der Waals surface area contributed by atoms with E-state index in [1.54, 1.807) is 37.4 Å². The summed E-state index contributed by atoms with van der Waals surface area (Å²) in [5.41, 5.74) is 2.36. The zero-order valence-electron chi connectivity index (χ0n) is 15.2. The van der Waals surface area contributed by atoms with Gasteiger partial charge in [0.2, 0.25) is 5.91 Å². The molecule has 1 heterocycles. The predicted octanol–water partition coefficient (Wildman–Crippen LogP) is 3.96. The number of fused-ring (bicyclic) bond motifs is 1. The highest BCUT2D eigenvalue weighted by Gasteiger charge is 2.40. The molecule has 0 spiro atoms. The van der Waals surface area contributed by atoms with E-state index in [9.17, 15) is 13.2 Å². The Hall–Kier alpha value is -1.86. The van der Waals surface area contributed by atoms with Gasteiger partial charge in [0.05, 0.1) is 10.6 Å². The number of hydrogen-bond donors (Lipinski definition) is 0. The van der Waals surface area contributed by atoms with Crippen LogP contribution in [0.5, 0.6) is 0 Å². The third kappa shape index (κ3) is 3.27. The summed E-state index contributed by atoms with van der Waals surface area (Å²) in [5.74, 6) is 0.314. The molecule has 1 fully saturated rings. The van der Waals surface area contributed by atoms with Crippen LogP contribution in [-0.4, -0.2) is 27.4 Å². The van der Waals surface area contributed by atoms with Gasteiger partial charge in [-0.2, -0.15) is 0 Å². The number of carbonyl (C=O) groups is 1. The number of amides is 1. The van der Waals surface area contributed by atoms with Gasteiger partial charge < -0.3 is 4.90 Å². The summed E-state index contributed by atoms with van der Waals surface area (Å²) < 4.78 is 28.3. The van der Waals surface area contributed by atoms with E-state index in [4.69, 9.17) is 0 Å². The fraction of sp³-hybridized carbons (Fsp3) is 0.350. The Labute approximate surface area is 168 Å². The van der Waals surface area contributed by atoms with Gasteiger partial charge in [0.25, 0.3) is 10.0 Å². The number of benzene rings is 2. The van der Waals surface area contributed by atoms with Gasteiger partial charge in [-0.3, -0.25) is 9.10 Å². The standard InChI is InChI=1S/C20H21BrN2O3S/c1-13-11-15-12-18(9-10-19(15)23(13)20(24)14-3-4-14)27(25,26)22(2)17-7-5-16(21)6-8-17/h5-10,12-14H,3-4,11H2,1-2H3/t13-/m0/s1. The molecule has 5 nitrogen and oxygen atoms in total. The monoisotopic (exact) mass is 448 g/mol. The highest BCUT2D eigenvalue weighted by molar-refractivity contribution is 9.10. The minimum absolute atomic E-state index is 0.0651. The molecular weight excluding hydrogens is 428 g/mol. The Bertz CT molecular complexity index is 1000.